The minimum absolute atomic E-state index is 0.0189. The van der Waals surface area contributed by atoms with Crippen molar-refractivity contribution in [3.05, 3.63) is 70.4 Å². The highest BCUT2D eigenvalue weighted by Gasteiger charge is 2.27. The van der Waals surface area contributed by atoms with Crippen LogP contribution in [-0.4, -0.2) is 22.2 Å². The van der Waals surface area contributed by atoms with E-state index in [2.05, 4.69) is 4.99 Å². The lowest BCUT2D eigenvalue weighted by atomic mass is 9.83. The third-order valence-corrected chi connectivity index (χ3v) is 4.29. The van der Waals surface area contributed by atoms with Gasteiger partial charge in [-0.05, 0) is 35.7 Å². The molecular weight excluding hydrogens is 326 g/mol. The summed E-state index contributed by atoms with van der Waals surface area (Å²) in [6.45, 7) is 0. The third kappa shape index (κ3) is 3.49. The predicted octanol–water partition coefficient (Wildman–Crippen LogP) is 4.71. The summed E-state index contributed by atoms with van der Waals surface area (Å²) in [5, 5.41) is 20.6. The van der Waals surface area contributed by atoms with Crippen LogP contribution < -0.4 is 0 Å². The molecular formula is C19H16ClNO3. The van der Waals surface area contributed by atoms with E-state index in [1.54, 1.807) is 30.3 Å². The molecule has 122 valence electrons. The van der Waals surface area contributed by atoms with Crippen molar-refractivity contribution in [1.82, 2.24) is 0 Å². The normalized spacial score (nSPS) is 18.4. The van der Waals surface area contributed by atoms with Crippen LogP contribution in [0.2, 0.25) is 5.02 Å². The smallest absolute Gasteiger partial charge is 0.168 e. The summed E-state index contributed by atoms with van der Waals surface area (Å²) in [6, 6.07) is 13.9. The Morgan fingerprint density at radius 1 is 1.04 bits per heavy atom. The second-order valence-electron chi connectivity index (χ2n) is 5.69. The summed E-state index contributed by atoms with van der Waals surface area (Å²) >= 11 is 5.88. The number of aliphatic hydroxyl groups excluding tert-OH is 1. The number of carbonyl (C=O) groups excluding carboxylic acids is 1. The van der Waals surface area contributed by atoms with E-state index in [1.165, 1.54) is 12.3 Å². The number of aliphatic imine (C=N–C) groups is 1. The molecule has 0 radical (unpaired) electrons. The van der Waals surface area contributed by atoms with Gasteiger partial charge in [0.2, 0.25) is 0 Å². The molecule has 2 aromatic rings. The number of phenols is 1. The van der Waals surface area contributed by atoms with Crippen LogP contribution in [-0.2, 0) is 4.79 Å². The number of ketones is 1. The van der Waals surface area contributed by atoms with E-state index in [0.29, 0.717) is 23.6 Å². The summed E-state index contributed by atoms with van der Waals surface area (Å²) in [5.74, 6) is -0.198. The van der Waals surface area contributed by atoms with Gasteiger partial charge in [0.15, 0.2) is 5.78 Å². The number of halogens is 1. The lowest BCUT2D eigenvalue weighted by Gasteiger charge is -2.22. The van der Waals surface area contributed by atoms with Crippen molar-refractivity contribution in [2.75, 3.05) is 0 Å². The number of allylic oxidation sites excluding steroid dienone is 2. The monoisotopic (exact) mass is 341 g/mol. The van der Waals surface area contributed by atoms with Crippen LogP contribution in [0.25, 0.3) is 0 Å². The molecule has 0 fully saturated rings. The van der Waals surface area contributed by atoms with Gasteiger partial charge in [-0.15, -0.1) is 0 Å². The average Bonchev–Trinajstić information content (AvgIpc) is 2.56. The first-order valence-corrected chi connectivity index (χ1v) is 7.95. The van der Waals surface area contributed by atoms with Gasteiger partial charge in [0.1, 0.15) is 17.2 Å². The number of carbonyl (C=O) groups is 1. The molecule has 0 saturated carbocycles. The van der Waals surface area contributed by atoms with E-state index in [-0.39, 0.29) is 28.8 Å². The zero-order chi connectivity index (χ0) is 17.1. The highest BCUT2D eigenvalue weighted by Crippen LogP contribution is 2.34. The van der Waals surface area contributed by atoms with Gasteiger partial charge in [0.25, 0.3) is 0 Å². The summed E-state index contributed by atoms with van der Waals surface area (Å²) < 4.78 is 0. The Hall–Kier alpha value is -2.59. The van der Waals surface area contributed by atoms with Crippen molar-refractivity contribution >= 4 is 29.3 Å². The second-order valence-corrected chi connectivity index (χ2v) is 6.12. The molecule has 1 unspecified atom stereocenters. The van der Waals surface area contributed by atoms with Crippen LogP contribution in [0.5, 0.6) is 5.75 Å². The number of aromatic hydroxyl groups is 1. The summed E-state index contributed by atoms with van der Waals surface area (Å²) in [7, 11) is 0. The molecule has 3 rings (SSSR count). The Bertz CT molecular complexity index is 825. The van der Waals surface area contributed by atoms with Crippen molar-refractivity contribution in [3.63, 3.8) is 0 Å². The van der Waals surface area contributed by atoms with Crippen LogP contribution >= 0.6 is 11.6 Å². The molecule has 0 saturated heterocycles. The molecule has 0 bridgehead atoms. The first-order valence-electron chi connectivity index (χ1n) is 7.57. The van der Waals surface area contributed by atoms with Gasteiger partial charge < -0.3 is 10.2 Å². The highest BCUT2D eigenvalue weighted by molar-refractivity contribution is 6.30. The van der Waals surface area contributed by atoms with Crippen molar-refractivity contribution in [2.45, 2.75) is 18.8 Å². The molecule has 0 aromatic heterocycles. The zero-order valence-electron chi connectivity index (χ0n) is 12.8. The van der Waals surface area contributed by atoms with Crippen LogP contribution in [0.3, 0.4) is 0 Å². The first kappa shape index (κ1) is 16.3. The van der Waals surface area contributed by atoms with E-state index in [9.17, 15) is 15.0 Å². The first-order chi connectivity index (χ1) is 11.5. The van der Waals surface area contributed by atoms with Crippen molar-refractivity contribution in [3.8, 4) is 5.75 Å². The molecule has 2 aromatic carbocycles. The quantitative estimate of drug-likeness (QED) is 0.794. The molecule has 4 nitrogen and oxygen atoms in total. The van der Waals surface area contributed by atoms with Crippen LogP contribution in [0.4, 0.5) is 5.69 Å². The molecule has 0 amide bonds. The fraction of sp³-hybridized carbons (Fsp3) is 0.158. The van der Waals surface area contributed by atoms with Gasteiger partial charge in [-0.25, -0.2) is 0 Å². The van der Waals surface area contributed by atoms with E-state index in [1.807, 2.05) is 12.1 Å². The lowest BCUT2D eigenvalue weighted by molar-refractivity contribution is -0.116. The number of hydrogen-bond donors (Lipinski definition) is 2. The van der Waals surface area contributed by atoms with Gasteiger partial charge >= 0.3 is 0 Å². The molecule has 0 spiro atoms. The summed E-state index contributed by atoms with van der Waals surface area (Å²) in [6.07, 6.45) is 1.99. The maximum Gasteiger partial charge on any atom is 0.168 e. The van der Waals surface area contributed by atoms with Crippen molar-refractivity contribution in [2.24, 2.45) is 4.99 Å². The Kier molecular flexibility index (Phi) is 4.67. The van der Waals surface area contributed by atoms with Gasteiger partial charge in [-0.1, -0.05) is 35.9 Å². The lowest BCUT2D eigenvalue weighted by Crippen LogP contribution is -2.19. The number of Topliss-reactive ketones (excluding diaryl/α,β-unsaturated/α-hetero) is 1. The standard InChI is InChI=1S/C19H16ClNO3/c20-14-7-5-12(6-8-14)13-9-18(23)15(19(24)10-13)11-21-16-3-1-2-4-17(16)22/h1-8,11,13,22-23H,9-10H2. The number of hydrogen-bond acceptors (Lipinski definition) is 4. The van der Waals surface area contributed by atoms with Crippen molar-refractivity contribution < 1.29 is 15.0 Å². The average molecular weight is 342 g/mol. The third-order valence-electron chi connectivity index (χ3n) is 4.04. The fourth-order valence-electron chi connectivity index (χ4n) is 2.73. The number of benzene rings is 2. The predicted molar refractivity (Wildman–Crippen MR) is 94.3 cm³/mol. The molecule has 5 heteroatoms. The largest absolute Gasteiger partial charge is 0.511 e. The Morgan fingerprint density at radius 2 is 1.75 bits per heavy atom. The van der Waals surface area contributed by atoms with E-state index in [4.69, 9.17) is 11.6 Å². The highest BCUT2D eigenvalue weighted by atomic mass is 35.5. The van der Waals surface area contributed by atoms with E-state index < -0.39 is 0 Å². The van der Waals surface area contributed by atoms with Crippen LogP contribution in [0, 0.1) is 0 Å². The Labute approximate surface area is 144 Å². The molecule has 1 atom stereocenters. The summed E-state index contributed by atoms with van der Waals surface area (Å²) in [4.78, 5) is 16.5. The molecule has 1 aliphatic rings. The SMILES string of the molecule is O=C1CC(c2ccc(Cl)cc2)CC(O)=C1C=Nc1ccccc1O. The van der Waals surface area contributed by atoms with Gasteiger partial charge in [0.05, 0.1) is 5.57 Å². The van der Waals surface area contributed by atoms with E-state index >= 15 is 0 Å². The summed E-state index contributed by atoms with van der Waals surface area (Å²) in [5.41, 5.74) is 1.52. The van der Waals surface area contributed by atoms with Crippen molar-refractivity contribution in [1.29, 1.82) is 0 Å². The van der Waals surface area contributed by atoms with E-state index in [0.717, 1.165) is 5.56 Å². The number of para-hydroxylation sites is 2. The molecule has 0 heterocycles. The maximum absolute atomic E-state index is 12.4. The molecule has 0 aliphatic heterocycles. The Balaban J connectivity index is 1.82. The zero-order valence-corrected chi connectivity index (χ0v) is 13.6. The fourth-order valence-corrected chi connectivity index (χ4v) is 2.86. The van der Waals surface area contributed by atoms with Crippen LogP contribution in [0.1, 0.15) is 24.3 Å². The molecule has 1 aliphatic carbocycles. The topological polar surface area (TPSA) is 69.9 Å². The van der Waals surface area contributed by atoms with Gasteiger partial charge in [-0.3, -0.25) is 9.79 Å². The number of phenolic OH excluding ortho intramolecular Hbond substituents is 1. The number of rotatable bonds is 3. The van der Waals surface area contributed by atoms with Crippen LogP contribution in [0.15, 0.2) is 64.9 Å². The Morgan fingerprint density at radius 3 is 2.42 bits per heavy atom. The number of nitrogens with zero attached hydrogens (tertiary/aromatic N) is 1. The number of aliphatic hydroxyl groups is 1. The minimum atomic E-state index is -0.169. The molecule has 2 N–H and O–H groups in total. The van der Waals surface area contributed by atoms with Gasteiger partial charge in [0, 0.05) is 24.1 Å². The minimum Gasteiger partial charge on any atom is -0.511 e. The van der Waals surface area contributed by atoms with Gasteiger partial charge in [-0.2, -0.15) is 0 Å². The second kappa shape index (κ2) is 6.89. The molecule has 24 heavy (non-hydrogen) atoms. The maximum atomic E-state index is 12.4.